The van der Waals surface area contributed by atoms with Crippen LogP contribution in [0.4, 0.5) is 5.13 Å². The first kappa shape index (κ1) is 11.8. The van der Waals surface area contributed by atoms with Crippen molar-refractivity contribution in [2.24, 2.45) is 0 Å². The first-order chi connectivity index (χ1) is 9.28. The second kappa shape index (κ2) is 4.78. The average Bonchev–Trinajstić information content (AvgIpc) is 2.82. The van der Waals surface area contributed by atoms with E-state index < -0.39 is 0 Å². The highest BCUT2D eigenvalue weighted by atomic mass is 32.1. The van der Waals surface area contributed by atoms with Crippen molar-refractivity contribution in [1.29, 1.82) is 0 Å². The molecule has 0 aliphatic heterocycles. The molecule has 0 saturated heterocycles. The predicted octanol–water partition coefficient (Wildman–Crippen LogP) is 3.68. The Morgan fingerprint density at radius 2 is 1.79 bits per heavy atom. The minimum Gasteiger partial charge on any atom is -0.494 e. The minimum atomic E-state index is 0.498. The Labute approximate surface area is 114 Å². The molecule has 3 rings (SSSR count). The maximum Gasteiger partial charge on any atom is 0.181 e. The molecular formula is C14H12N2O2S. The summed E-state index contributed by atoms with van der Waals surface area (Å²) in [6.07, 6.45) is 0. The molecule has 0 aliphatic rings. The number of nitrogens with two attached hydrogens (primary N) is 1. The van der Waals surface area contributed by atoms with Crippen LogP contribution >= 0.6 is 11.3 Å². The number of nitrogen functional groups attached to an aromatic ring is 1. The number of nitrogens with zero attached hydrogens (tertiary/aromatic N) is 1. The third-order valence-electron chi connectivity index (χ3n) is 2.68. The smallest absolute Gasteiger partial charge is 0.181 e. The number of methoxy groups -OCH3 is 1. The minimum absolute atomic E-state index is 0.498. The van der Waals surface area contributed by atoms with Crippen LogP contribution in [0.2, 0.25) is 0 Å². The number of fused-ring (bicyclic) bond motifs is 1. The SMILES string of the molecule is COc1ccc(Oc2ccccc2)c2sc(N)nc12. The first-order valence-electron chi connectivity index (χ1n) is 5.74. The van der Waals surface area contributed by atoms with Crippen LogP contribution in [0.15, 0.2) is 42.5 Å². The third-order valence-corrected chi connectivity index (χ3v) is 3.58. The zero-order valence-electron chi connectivity index (χ0n) is 10.3. The number of anilines is 1. The van der Waals surface area contributed by atoms with Gasteiger partial charge in [-0.05, 0) is 24.3 Å². The Bertz CT molecular complexity index is 710. The van der Waals surface area contributed by atoms with Crippen LogP contribution in [0.1, 0.15) is 0 Å². The molecule has 2 N–H and O–H groups in total. The number of rotatable bonds is 3. The molecule has 5 heteroatoms. The highest BCUT2D eigenvalue weighted by molar-refractivity contribution is 7.22. The number of hydrogen-bond acceptors (Lipinski definition) is 5. The monoisotopic (exact) mass is 272 g/mol. The molecular weight excluding hydrogens is 260 g/mol. The van der Waals surface area contributed by atoms with Gasteiger partial charge in [-0.3, -0.25) is 0 Å². The lowest BCUT2D eigenvalue weighted by molar-refractivity contribution is 0.418. The van der Waals surface area contributed by atoms with Crippen LogP contribution < -0.4 is 15.2 Å². The van der Waals surface area contributed by atoms with E-state index in [4.69, 9.17) is 15.2 Å². The fourth-order valence-corrected chi connectivity index (χ4v) is 2.64. The van der Waals surface area contributed by atoms with Crippen LogP contribution in [0.5, 0.6) is 17.2 Å². The molecule has 96 valence electrons. The van der Waals surface area contributed by atoms with Crippen molar-refractivity contribution in [3.63, 3.8) is 0 Å². The van der Waals surface area contributed by atoms with Crippen molar-refractivity contribution in [2.45, 2.75) is 0 Å². The fraction of sp³-hybridized carbons (Fsp3) is 0.0714. The second-order valence-corrected chi connectivity index (χ2v) is 4.94. The zero-order valence-corrected chi connectivity index (χ0v) is 11.1. The highest BCUT2D eigenvalue weighted by Crippen LogP contribution is 2.39. The highest BCUT2D eigenvalue weighted by Gasteiger charge is 2.13. The summed E-state index contributed by atoms with van der Waals surface area (Å²) in [5, 5.41) is 0.498. The maximum atomic E-state index is 5.86. The van der Waals surface area contributed by atoms with E-state index >= 15 is 0 Å². The lowest BCUT2D eigenvalue weighted by atomic mass is 10.3. The van der Waals surface area contributed by atoms with E-state index in [2.05, 4.69) is 4.98 Å². The lowest BCUT2D eigenvalue weighted by Gasteiger charge is -2.07. The van der Waals surface area contributed by atoms with Crippen LogP contribution in [0.3, 0.4) is 0 Å². The molecule has 19 heavy (non-hydrogen) atoms. The summed E-state index contributed by atoms with van der Waals surface area (Å²) in [6, 6.07) is 13.3. The largest absolute Gasteiger partial charge is 0.494 e. The molecule has 1 heterocycles. The van der Waals surface area contributed by atoms with Gasteiger partial charge in [0, 0.05) is 0 Å². The van der Waals surface area contributed by atoms with Gasteiger partial charge in [-0.2, -0.15) is 0 Å². The molecule has 1 aromatic heterocycles. The number of aromatic nitrogens is 1. The molecule has 0 atom stereocenters. The van der Waals surface area contributed by atoms with Crippen molar-refractivity contribution in [2.75, 3.05) is 12.8 Å². The molecule has 4 nitrogen and oxygen atoms in total. The molecule has 0 spiro atoms. The molecule has 0 aliphatic carbocycles. The first-order valence-corrected chi connectivity index (χ1v) is 6.55. The summed E-state index contributed by atoms with van der Waals surface area (Å²) >= 11 is 1.39. The summed E-state index contributed by atoms with van der Waals surface area (Å²) in [5.41, 5.74) is 6.51. The van der Waals surface area contributed by atoms with Crippen LogP contribution in [-0.4, -0.2) is 12.1 Å². The summed E-state index contributed by atoms with van der Waals surface area (Å²) in [5.74, 6) is 2.21. The van der Waals surface area contributed by atoms with Gasteiger partial charge in [-0.25, -0.2) is 4.98 Å². The summed E-state index contributed by atoms with van der Waals surface area (Å²) in [6.45, 7) is 0. The molecule has 0 saturated carbocycles. The van der Waals surface area contributed by atoms with E-state index in [0.717, 1.165) is 21.7 Å². The van der Waals surface area contributed by atoms with E-state index in [1.807, 2.05) is 42.5 Å². The fourth-order valence-electron chi connectivity index (χ4n) is 1.84. The predicted molar refractivity (Wildman–Crippen MR) is 77.1 cm³/mol. The number of hydrogen-bond donors (Lipinski definition) is 1. The molecule has 3 aromatic rings. The molecule has 0 fully saturated rings. The number of ether oxygens (including phenoxy) is 2. The Morgan fingerprint density at radius 3 is 2.53 bits per heavy atom. The van der Waals surface area contributed by atoms with E-state index in [0.29, 0.717) is 10.9 Å². The molecule has 0 bridgehead atoms. The van der Waals surface area contributed by atoms with E-state index in [9.17, 15) is 0 Å². The zero-order chi connectivity index (χ0) is 13.2. The maximum absolute atomic E-state index is 5.86. The van der Waals surface area contributed by atoms with Gasteiger partial charge in [-0.1, -0.05) is 29.5 Å². The van der Waals surface area contributed by atoms with Gasteiger partial charge in [0.15, 0.2) is 5.13 Å². The summed E-state index contributed by atoms with van der Waals surface area (Å²) < 4.78 is 12.0. The number of para-hydroxylation sites is 1. The van der Waals surface area contributed by atoms with E-state index in [-0.39, 0.29) is 0 Å². The van der Waals surface area contributed by atoms with Crippen molar-refractivity contribution in [1.82, 2.24) is 4.98 Å². The van der Waals surface area contributed by atoms with Crippen LogP contribution in [-0.2, 0) is 0 Å². The van der Waals surface area contributed by atoms with Gasteiger partial charge in [-0.15, -0.1) is 0 Å². The molecule has 0 radical (unpaired) electrons. The van der Waals surface area contributed by atoms with Crippen molar-refractivity contribution in [3.8, 4) is 17.2 Å². The lowest BCUT2D eigenvalue weighted by Crippen LogP contribution is -1.88. The van der Waals surface area contributed by atoms with Gasteiger partial charge < -0.3 is 15.2 Å². The van der Waals surface area contributed by atoms with E-state index in [1.54, 1.807) is 7.11 Å². The number of benzene rings is 2. The summed E-state index contributed by atoms with van der Waals surface area (Å²) in [7, 11) is 1.61. The van der Waals surface area contributed by atoms with Crippen molar-refractivity contribution >= 4 is 26.7 Å². The Kier molecular flexibility index (Phi) is 2.97. The standard InChI is InChI=1S/C14H12N2O2S/c1-17-10-7-8-11(13-12(10)16-14(15)19-13)18-9-5-3-2-4-6-9/h2-8H,1H3,(H2,15,16). The van der Waals surface area contributed by atoms with Gasteiger partial charge in [0.05, 0.1) is 7.11 Å². The van der Waals surface area contributed by atoms with Crippen LogP contribution in [0, 0.1) is 0 Å². The number of thiazole rings is 1. The average molecular weight is 272 g/mol. The van der Waals surface area contributed by atoms with Gasteiger partial charge >= 0.3 is 0 Å². The van der Waals surface area contributed by atoms with Gasteiger partial charge in [0.25, 0.3) is 0 Å². The van der Waals surface area contributed by atoms with Crippen LogP contribution in [0.25, 0.3) is 10.2 Å². The third kappa shape index (κ3) is 2.20. The Morgan fingerprint density at radius 1 is 1.05 bits per heavy atom. The molecule has 0 amide bonds. The summed E-state index contributed by atoms with van der Waals surface area (Å²) in [4.78, 5) is 4.28. The van der Waals surface area contributed by atoms with Crippen molar-refractivity contribution in [3.05, 3.63) is 42.5 Å². The Balaban J connectivity index is 2.09. The van der Waals surface area contributed by atoms with Crippen molar-refractivity contribution < 1.29 is 9.47 Å². The second-order valence-electron chi connectivity index (χ2n) is 3.91. The quantitative estimate of drug-likeness (QED) is 0.790. The molecule has 0 unspecified atom stereocenters. The Hall–Kier alpha value is -2.27. The topological polar surface area (TPSA) is 57.4 Å². The molecule has 2 aromatic carbocycles. The van der Waals surface area contributed by atoms with Gasteiger partial charge in [0.1, 0.15) is 27.5 Å². The normalized spacial score (nSPS) is 10.6. The van der Waals surface area contributed by atoms with E-state index in [1.165, 1.54) is 11.3 Å². The van der Waals surface area contributed by atoms with Gasteiger partial charge in [0.2, 0.25) is 0 Å².